The van der Waals surface area contributed by atoms with E-state index < -0.39 is 0 Å². The number of halogens is 1. The van der Waals surface area contributed by atoms with Crippen molar-refractivity contribution < 1.29 is 0 Å². The highest BCUT2D eigenvalue weighted by atomic mass is 35.5. The predicted molar refractivity (Wildman–Crippen MR) is 51.1 cm³/mol. The first-order valence-corrected chi connectivity index (χ1v) is 4.28. The lowest BCUT2D eigenvalue weighted by molar-refractivity contribution is 0.838. The van der Waals surface area contributed by atoms with Crippen molar-refractivity contribution >= 4 is 11.6 Å². The molecule has 66 valence electrons. The lowest BCUT2D eigenvalue weighted by atomic mass is 10.3. The zero-order chi connectivity index (χ0) is 9.26. The molecule has 0 spiro atoms. The lowest BCUT2D eigenvalue weighted by Gasteiger charge is -2.02. The number of hydrogen-bond acceptors (Lipinski definition) is 2. The molecule has 0 fully saturated rings. The van der Waals surface area contributed by atoms with Gasteiger partial charge in [-0.25, -0.2) is 9.67 Å². The fourth-order valence-corrected chi connectivity index (χ4v) is 1.27. The van der Waals surface area contributed by atoms with Gasteiger partial charge in [0.05, 0.1) is 0 Å². The van der Waals surface area contributed by atoms with Crippen LogP contribution in [0, 0.1) is 6.92 Å². The molecule has 2 aromatic heterocycles. The summed E-state index contributed by atoms with van der Waals surface area (Å²) in [5.74, 6) is 0.814. The number of pyridine rings is 1. The van der Waals surface area contributed by atoms with Crippen LogP contribution in [-0.4, -0.2) is 14.8 Å². The van der Waals surface area contributed by atoms with Crippen molar-refractivity contribution in [3.8, 4) is 5.82 Å². The Morgan fingerprint density at radius 1 is 1.38 bits per heavy atom. The summed E-state index contributed by atoms with van der Waals surface area (Å²) in [7, 11) is 0. The maximum atomic E-state index is 5.70. The third-order valence-electron chi connectivity index (χ3n) is 1.76. The summed E-state index contributed by atoms with van der Waals surface area (Å²) in [6.45, 7) is 1.98. The molecule has 3 nitrogen and oxygen atoms in total. The van der Waals surface area contributed by atoms with E-state index in [1.807, 2.05) is 19.1 Å². The molecule has 2 rings (SSSR count). The Bertz CT molecular complexity index is 422. The molecule has 0 radical (unpaired) electrons. The molecular formula is C9H8ClN3. The Kier molecular flexibility index (Phi) is 2.02. The Balaban J connectivity index is 2.52. The van der Waals surface area contributed by atoms with Crippen molar-refractivity contribution in [3.63, 3.8) is 0 Å². The number of rotatable bonds is 1. The minimum absolute atomic E-state index is 0.477. The van der Waals surface area contributed by atoms with E-state index in [0.29, 0.717) is 5.15 Å². The molecule has 0 saturated carbocycles. The van der Waals surface area contributed by atoms with E-state index >= 15 is 0 Å². The highest BCUT2D eigenvalue weighted by molar-refractivity contribution is 6.29. The second-order valence-electron chi connectivity index (χ2n) is 2.73. The molecule has 0 atom stereocenters. The van der Waals surface area contributed by atoms with E-state index in [2.05, 4.69) is 10.1 Å². The molecule has 2 heterocycles. The minimum Gasteiger partial charge on any atom is -0.237 e. The summed E-state index contributed by atoms with van der Waals surface area (Å²) in [6, 6.07) is 5.61. The van der Waals surface area contributed by atoms with Gasteiger partial charge in [-0.3, -0.25) is 0 Å². The molecule has 2 aromatic rings. The molecule has 4 heteroatoms. The van der Waals surface area contributed by atoms with Crippen LogP contribution in [0.2, 0.25) is 5.15 Å². The fraction of sp³-hybridized carbons (Fsp3) is 0.111. The van der Waals surface area contributed by atoms with Gasteiger partial charge in [0.25, 0.3) is 0 Å². The van der Waals surface area contributed by atoms with E-state index in [4.69, 9.17) is 11.6 Å². The fourth-order valence-electron chi connectivity index (χ4n) is 1.14. The SMILES string of the molecule is Cc1cccnc1-n1ccc(Cl)n1. The second kappa shape index (κ2) is 3.18. The van der Waals surface area contributed by atoms with Crippen LogP contribution >= 0.6 is 11.6 Å². The van der Waals surface area contributed by atoms with Crippen LogP contribution in [0.15, 0.2) is 30.6 Å². The molecule has 13 heavy (non-hydrogen) atoms. The van der Waals surface area contributed by atoms with Gasteiger partial charge in [-0.15, -0.1) is 0 Å². The maximum Gasteiger partial charge on any atom is 0.156 e. The molecular weight excluding hydrogens is 186 g/mol. The first-order valence-electron chi connectivity index (χ1n) is 3.90. The quantitative estimate of drug-likeness (QED) is 0.696. The van der Waals surface area contributed by atoms with Crippen LogP contribution in [-0.2, 0) is 0 Å². The highest BCUT2D eigenvalue weighted by Gasteiger charge is 2.02. The Hall–Kier alpha value is -1.35. The van der Waals surface area contributed by atoms with Gasteiger partial charge in [-0.1, -0.05) is 17.7 Å². The van der Waals surface area contributed by atoms with Crippen molar-refractivity contribution in [2.24, 2.45) is 0 Å². The van der Waals surface area contributed by atoms with Gasteiger partial charge in [0.1, 0.15) is 0 Å². The van der Waals surface area contributed by atoms with E-state index in [1.54, 1.807) is 23.1 Å². The van der Waals surface area contributed by atoms with Gasteiger partial charge in [0.2, 0.25) is 0 Å². The number of aromatic nitrogens is 3. The van der Waals surface area contributed by atoms with Crippen LogP contribution in [0.25, 0.3) is 5.82 Å². The summed E-state index contributed by atoms with van der Waals surface area (Å²) in [4.78, 5) is 4.20. The maximum absolute atomic E-state index is 5.70. The number of nitrogens with zero attached hydrogens (tertiary/aromatic N) is 3. The largest absolute Gasteiger partial charge is 0.237 e. The van der Waals surface area contributed by atoms with E-state index in [9.17, 15) is 0 Å². The van der Waals surface area contributed by atoms with Gasteiger partial charge in [0, 0.05) is 12.4 Å². The van der Waals surface area contributed by atoms with Crippen molar-refractivity contribution in [1.82, 2.24) is 14.8 Å². The van der Waals surface area contributed by atoms with Crippen LogP contribution in [0.4, 0.5) is 0 Å². The van der Waals surface area contributed by atoms with Gasteiger partial charge in [-0.05, 0) is 24.6 Å². The number of aryl methyl sites for hydroxylation is 1. The van der Waals surface area contributed by atoms with Gasteiger partial charge < -0.3 is 0 Å². The van der Waals surface area contributed by atoms with Gasteiger partial charge in [-0.2, -0.15) is 5.10 Å². The summed E-state index contributed by atoms with van der Waals surface area (Å²) in [5, 5.41) is 4.54. The van der Waals surface area contributed by atoms with Crippen LogP contribution in [0.3, 0.4) is 0 Å². The Morgan fingerprint density at radius 2 is 2.23 bits per heavy atom. The van der Waals surface area contributed by atoms with Crippen LogP contribution in [0.1, 0.15) is 5.56 Å². The zero-order valence-electron chi connectivity index (χ0n) is 7.11. The normalized spacial score (nSPS) is 10.3. The lowest BCUT2D eigenvalue weighted by Crippen LogP contribution is -1.99. The predicted octanol–water partition coefficient (Wildman–Crippen LogP) is 2.23. The first-order chi connectivity index (χ1) is 6.27. The molecule has 0 aliphatic heterocycles. The van der Waals surface area contributed by atoms with E-state index in [-0.39, 0.29) is 0 Å². The molecule has 0 aliphatic carbocycles. The molecule has 0 amide bonds. The average molecular weight is 194 g/mol. The van der Waals surface area contributed by atoms with Gasteiger partial charge in [0.15, 0.2) is 11.0 Å². The van der Waals surface area contributed by atoms with Crippen molar-refractivity contribution in [3.05, 3.63) is 41.3 Å². The Labute approximate surface area is 81.0 Å². The summed E-state index contributed by atoms with van der Waals surface area (Å²) in [5.41, 5.74) is 1.07. The van der Waals surface area contributed by atoms with Crippen molar-refractivity contribution in [2.45, 2.75) is 6.92 Å². The number of hydrogen-bond donors (Lipinski definition) is 0. The molecule has 0 aliphatic rings. The third-order valence-corrected chi connectivity index (χ3v) is 1.96. The third kappa shape index (κ3) is 1.55. The summed E-state index contributed by atoms with van der Waals surface area (Å²) < 4.78 is 1.66. The van der Waals surface area contributed by atoms with Crippen LogP contribution in [0.5, 0.6) is 0 Å². The Morgan fingerprint density at radius 3 is 2.85 bits per heavy atom. The summed E-state index contributed by atoms with van der Waals surface area (Å²) in [6.07, 6.45) is 3.52. The average Bonchev–Trinajstić information content (AvgIpc) is 2.53. The smallest absolute Gasteiger partial charge is 0.156 e. The topological polar surface area (TPSA) is 30.7 Å². The van der Waals surface area contributed by atoms with Crippen LogP contribution < -0.4 is 0 Å². The first kappa shape index (κ1) is 8.26. The molecule has 0 saturated heterocycles. The van der Waals surface area contributed by atoms with Crippen molar-refractivity contribution in [1.29, 1.82) is 0 Å². The van der Waals surface area contributed by atoms with E-state index in [0.717, 1.165) is 11.4 Å². The molecule has 0 bridgehead atoms. The second-order valence-corrected chi connectivity index (χ2v) is 3.11. The van der Waals surface area contributed by atoms with E-state index in [1.165, 1.54) is 0 Å². The van der Waals surface area contributed by atoms with Gasteiger partial charge >= 0.3 is 0 Å². The monoisotopic (exact) mass is 193 g/mol. The molecule has 0 aromatic carbocycles. The molecule has 0 unspecified atom stereocenters. The standard InChI is InChI=1S/C9H8ClN3/c1-7-3-2-5-11-9(7)13-6-4-8(10)12-13/h2-6H,1H3. The molecule has 0 N–H and O–H groups in total. The summed E-state index contributed by atoms with van der Waals surface area (Å²) >= 11 is 5.70. The zero-order valence-corrected chi connectivity index (χ0v) is 7.86. The van der Waals surface area contributed by atoms with Crippen molar-refractivity contribution in [2.75, 3.05) is 0 Å². The highest BCUT2D eigenvalue weighted by Crippen LogP contribution is 2.11. The minimum atomic E-state index is 0.477.